The fourth-order valence-corrected chi connectivity index (χ4v) is 3.21. The van der Waals surface area contributed by atoms with Gasteiger partial charge in [-0.2, -0.15) is 0 Å². The number of hydrogen-bond acceptors (Lipinski definition) is 5. The maximum atomic E-state index is 12.4. The van der Waals surface area contributed by atoms with Crippen LogP contribution in [0, 0.1) is 13.8 Å². The first-order chi connectivity index (χ1) is 13.4. The van der Waals surface area contributed by atoms with Gasteiger partial charge in [-0.3, -0.25) is 4.79 Å². The topological polar surface area (TPSA) is 104 Å². The summed E-state index contributed by atoms with van der Waals surface area (Å²) < 4.78 is 1.76. The lowest BCUT2D eigenvalue weighted by Gasteiger charge is -2.17. The predicted molar refractivity (Wildman–Crippen MR) is 113 cm³/mol. The standard InChI is InChI=1S/C19H27N7O2.ClH/c1-12-5-6-14(7-13(12)2)22-19(28)25(4)10-15-11-26(24-23-15)16-8-17(21-9-16)18(27)20-3;/h5-7,11,16-17,21H,8-10H2,1-4H3,(H,20,27)(H,22,28);1H/t16-,17-;/m0./s1. The Hall–Kier alpha value is -2.65. The molecule has 2 heterocycles. The number of anilines is 1. The first-order valence-electron chi connectivity index (χ1n) is 9.32. The van der Waals surface area contributed by atoms with Crippen molar-refractivity contribution in [1.29, 1.82) is 0 Å². The second-order valence-electron chi connectivity index (χ2n) is 7.24. The van der Waals surface area contributed by atoms with Crippen LogP contribution in [0.15, 0.2) is 24.4 Å². The van der Waals surface area contributed by atoms with Gasteiger partial charge in [0.25, 0.3) is 0 Å². The Bertz CT molecular complexity index is 870. The van der Waals surface area contributed by atoms with Crippen molar-refractivity contribution in [1.82, 2.24) is 30.5 Å². The van der Waals surface area contributed by atoms with Gasteiger partial charge >= 0.3 is 6.03 Å². The van der Waals surface area contributed by atoms with Crippen LogP contribution in [-0.4, -0.2) is 58.5 Å². The van der Waals surface area contributed by atoms with Crippen LogP contribution in [0.1, 0.15) is 29.3 Å². The first-order valence-corrected chi connectivity index (χ1v) is 9.32. The monoisotopic (exact) mass is 421 g/mol. The molecule has 9 nitrogen and oxygen atoms in total. The molecular formula is C19H28ClN7O2. The Kier molecular flexibility index (Phi) is 7.58. The Balaban J connectivity index is 0.00000300. The molecule has 1 aliphatic rings. The van der Waals surface area contributed by atoms with Gasteiger partial charge in [0.2, 0.25) is 5.91 Å². The third-order valence-corrected chi connectivity index (χ3v) is 5.11. The molecule has 3 rings (SSSR count). The molecule has 1 aromatic heterocycles. The van der Waals surface area contributed by atoms with Crippen molar-refractivity contribution < 1.29 is 9.59 Å². The molecule has 3 amide bonds. The number of benzene rings is 1. The lowest BCUT2D eigenvalue weighted by molar-refractivity contribution is -0.122. The van der Waals surface area contributed by atoms with E-state index in [4.69, 9.17) is 0 Å². The fraction of sp³-hybridized carbons (Fsp3) is 0.474. The molecule has 0 saturated carbocycles. The summed E-state index contributed by atoms with van der Waals surface area (Å²) in [5, 5.41) is 17.1. The number of amides is 3. The average Bonchev–Trinajstić information content (AvgIpc) is 3.33. The highest BCUT2D eigenvalue weighted by molar-refractivity contribution is 5.89. The number of aromatic nitrogens is 3. The van der Waals surface area contributed by atoms with E-state index in [0.717, 1.165) is 11.3 Å². The van der Waals surface area contributed by atoms with E-state index in [2.05, 4.69) is 26.3 Å². The van der Waals surface area contributed by atoms with E-state index < -0.39 is 0 Å². The number of nitrogens with zero attached hydrogens (tertiary/aromatic N) is 4. The van der Waals surface area contributed by atoms with Crippen molar-refractivity contribution in [2.45, 2.75) is 38.9 Å². The zero-order valence-electron chi connectivity index (χ0n) is 17.1. The molecule has 2 atom stereocenters. The number of rotatable bonds is 5. The van der Waals surface area contributed by atoms with Gasteiger partial charge in [-0.15, -0.1) is 17.5 Å². The number of carbonyl (C=O) groups excluding carboxylic acids is 2. The maximum Gasteiger partial charge on any atom is 0.321 e. The van der Waals surface area contributed by atoms with Gasteiger partial charge in [-0.25, -0.2) is 9.48 Å². The van der Waals surface area contributed by atoms with Crippen LogP contribution in [-0.2, 0) is 11.3 Å². The van der Waals surface area contributed by atoms with Crippen molar-refractivity contribution >= 4 is 30.0 Å². The number of urea groups is 1. The number of carbonyl (C=O) groups is 2. The van der Waals surface area contributed by atoms with Crippen LogP contribution >= 0.6 is 12.4 Å². The number of hydrogen-bond donors (Lipinski definition) is 3. The van der Waals surface area contributed by atoms with Crippen molar-refractivity contribution in [3.8, 4) is 0 Å². The Morgan fingerprint density at radius 3 is 2.76 bits per heavy atom. The van der Waals surface area contributed by atoms with Crippen LogP contribution < -0.4 is 16.0 Å². The fourth-order valence-electron chi connectivity index (χ4n) is 3.21. The molecule has 29 heavy (non-hydrogen) atoms. The van der Waals surface area contributed by atoms with Gasteiger partial charge < -0.3 is 20.9 Å². The second kappa shape index (κ2) is 9.71. The highest BCUT2D eigenvalue weighted by Crippen LogP contribution is 2.19. The van der Waals surface area contributed by atoms with E-state index in [9.17, 15) is 9.59 Å². The third kappa shape index (κ3) is 5.45. The summed E-state index contributed by atoms with van der Waals surface area (Å²) in [6, 6.07) is 5.47. The summed E-state index contributed by atoms with van der Waals surface area (Å²) in [7, 11) is 3.35. The van der Waals surface area contributed by atoms with Gasteiger partial charge in [0, 0.05) is 26.3 Å². The minimum atomic E-state index is -0.214. The van der Waals surface area contributed by atoms with Crippen molar-refractivity contribution in [2.75, 3.05) is 26.0 Å². The second-order valence-corrected chi connectivity index (χ2v) is 7.24. The van der Waals surface area contributed by atoms with Crippen molar-refractivity contribution in [3.63, 3.8) is 0 Å². The summed E-state index contributed by atoms with van der Waals surface area (Å²) in [4.78, 5) is 25.7. The van der Waals surface area contributed by atoms with E-state index in [0.29, 0.717) is 25.2 Å². The van der Waals surface area contributed by atoms with Crippen molar-refractivity contribution in [2.24, 2.45) is 0 Å². The van der Waals surface area contributed by atoms with E-state index in [1.165, 1.54) is 5.56 Å². The van der Waals surface area contributed by atoms with Crippen LogP contribution in [0.3, 0.4) is 0 Å². The summed E-state index contributed by atoms with van der Waals surface area (Å²) in [5.74, 6) is -0.0226. The van der Waals surface area contributed by atoms with E-state index in [-0.39, 0.29) is 36.4 Å². The SMILES string of the molecule is CNC(=O)[C@@H]1C[C@H](n2cc(CN(C)C(=O)Nc3ccc(C)c(C)c3)nn2)CN1.Cl. The molecule has 3 N–H and O–H groups in total. The van der Waals surface area contributed by atoms with Crippen molar-refractivity contribution in [3.05, 3.63) is 41.2 Å². The molecule has 0 bridgehead atoms. The number of aryl methyl sites for hydroxylation is 2. The lowest BCUT2D eigenvalue weighted by Crippen LogP contribution is -2.38. The maximum absolute atomic E-state index is 12.4. The Morgan fingerprint density at radius 2 is 2.07 bits per heavy atom. The molecule has 158 valence electrons. The normalized spacial score (nSPS) is 18.1. The number of likely N-dealkylation sites (N-methyl/N-ethyl adjacent to an activating group) is 1. The molecule has 2 aromatic rings. The Morgan fingerprint density at radius 1 is 1.31 bits per heavy atom. The number of halogens is 1. The Labute approximate surface area is 176 Å². The van der Waals surface area contributed by atoms with E-state index in [1.807, 2.05) is 38.2 Å². The zero-order chi connectivity index (χ0) is 20.3. The van der Waals surface area contributed by atoms with Gasteiger partial charge in [-0.05, 0) is 43.5 Å². The molecule has 1 aliphatic heterocycles. The smallest absolute Gasteiger partial charge is 0.321 e. The van der Waals surface area contributed by atoms with E-state index in [1.54, 1.807) is 23.7 Å². The third-order valence-electron chi connectivity index (χ3n) is 5.11. The zero-order valence-corrected chi connectivity index (χ0v) is 17.9. The minimum Gasteiger partial charge on any atom is -0.358 e. The van der Waals surface area contributed by atoms with Gasteiger partial charge in [-0.1, -0.05) is 11.3 Å². The minimum absolute atomic E-state index is 0. The highest BCUT2D eigenvalue weighted by Gasteiger charge is 2.30. The van der Waals surface area contributed by atoms with Gasteiger partial charge in [0.15, 0.2) is 0 Å². The summed E-state index contributed by atoms with van der Waals surface area (Å²) in [6.45, 7) is 5.05. The van der Waals surface area contributed by atoms with Gasteiger partial charge in [0.1, 0.15) is 5.69 Å². The molecule has 10 heteroatoms. The summed E-state index contributed by atoms with van der Waals surface area (Å²) in [5.41, 5.74) is 3.77. The molecule has 0 spiro atoms. The molecule has 1 fully saturated rings. The first kappa shape index (κ1) is 22.6. The molecule has 1 aromatic carbocycles. The molecule has 0 unspecified atom stereocenters. The average molecular weight is 422 g/mol. The predicted octanol–water partition coefficient (Wildman–Crippen LogP) is 1.63. The van der Waals surface area contributed by atoms with Gasteiger partial charge in [0.05, 0.1) is 24.8 Å². The van der Waals surface area contributed by atoms with Crippen LogP contribution in [0.4, 0.5) is 10.5 Å². The highest BCUT2D eigenvalue weighted by atomic mass is 35.5. The quantitative estimate of drug-likeness (QED) is 0.680. The largest absolute Gasteiger partial charge is 0.358 e. The number of nitrogens with one attached hydrogen (secondary N) is 3. The van der Waals surface area contributed by atoms with E-state index >= 15 is 0 Å². The molecule has 0 radical (unpaired) electrons. The van der Waals surface area contributed by atoms with Crippen LogP contribution in [0.25, 0.3) is 0 Å². The van der Waals surface area contributed by atoms with Crippen LogP contribution in [0.2, 0.25) is 0 Å². The van der Waals surface area contributed by atoms with Crippen LogP contribution in [0.5, 0.6) is 0 Å². The molecule has 1 saturated heterocycles. The molecular weight excluding hydrogens is 394 g/mol. The lowest BCUT2D eigenvalue weighted by atomic mass is 10.1. The molecule has 0 aliphatic carbocycles. The summed E-state index contributed by atoms with van der Waals surface area (Å²) in [6.07, 6.45) is 2.49. The summed E-state index contributed by atoms with van der Waals surface area (Å²) >= 11 is 0.